The molecule has 1 N–H and O–H groups in total. The first-order valence-corrected chi connectivity index (χ1v) is 16.7. The van der Waals surface area contributed by atoms with Crippen molar-refractivity contribution in [1.82, 2.24) is 5.32 Å². The van der Waals surface area contributed by atoms with E-state index in [0.29, 0.717) is 12.2 Å². The number of hydrogen-bond acceptors (Lipinski definition) is 12. The largest absolute Gasteiger partial charge is 0.468 e. The van der Waals surface area contributed by atoms with Crippen molar-refractivity contribution in [2.24, 2.45) is 0 Å². The molecule has 15 heteroatoms. The highest BCUT2D eigenvalue weighted by Gasteiger charge is 2.37. The standard InChI is InChI=1S/C35H36N2O12S/c1-25-13-16-29(17-14-25)50(42,43)49-32(23-46-34(38)27-11-7-4-8-12-27)33(36-35(39)47-22-26-9-5-3-6-10-26)30-21-28(15-18-31(30)37(40)41)48-24-45-20-19-44-2/h3-18,21,32-33H,19-20,22-24H2,1-2H3,(H,36,39)/t32-,33-/m0/s1. The lowest BCUT2D eigenvalue weighted by Crippen LogP contribution is -2.42. The van der Waals surface area contributed by atoms with Gasteiger partial charge in [0.25, 0.3) is 15.8 Å². The number of nitrogens with zero attached hydrogens (tertiary/aromatic N) is 1. The monoisotopic (exact) mass is 708 g/mol. The molecule has 0 radical (unpaired) electrons. The van der Waals surface area contributed by atoms with E-state index in [9.17, 15) is 28.1 Å². The van der Waals surface area contributed by atoms with Gasteiger partial charge in [-0.1, -0.05) is 66.2 Å². The van der Waals surface area contributed by atoms with Gasteiger partial charge in [-0.25, -0.2) is 9.59 Å². The molecule has 0 aromatic heterocycles. The van der Waals surface area contributed by atoms with Gasteiger partial charge in [-0.2, -0.15) is 8.42 Å². The molecule has 0 unspecified atom stereocenters. The van der Waals surface area contributed by atoms with E-state index in [2.05, 4.69) is 5.32 Å². The van der Waals surface area contributed by atoms with Gasteiger partial charge in [0.1, 0.15) is 25.1 Å². The van der Waals surface area contributed by atoms with Crippen molar-refractivity contribution >= 4 is 27.9 Å². The Hall–Kier alpha value is -5.35. The molecule has 0 bridgehead atoms. The zero-order chi connectivity index (χ0) is 35.9. The Bertz CT molecular complexity index is 1820. The van der Waals surface area contributed by atoms with E-state index in [4.69, 9.17) is 27.9 Å². The average Bonchev–Trinajstić information content (AvgIpc) is 3.12. The number of carbonyl (C=O) groups is 2. The van der Waals surface area contributed by atoms with Crippen LogP contribution in [0.15, 0.2) is 108 Å². The fourth-order valence-electron chi connectivity index (χ4n) is 4.53. The zero-order valence-corrected chi connectivity index (χ0v) is 28.1. The second-order valence-electron chi connectivity index (χ2n) is 10.7. The third-order valence-electron chi connectivity index (χ3n) is 7.08. The normalized spacial score (nSPS) is 12.4. The second kappa shape index (κ2) is 18.4. The molecule has 0 aliphatic heterocycles. The minimum absolute atomic E-state index is 0.0777. The Balaban J connectivity index is 1.75. The number of carbonyl (C=O) groups excluding carboxylic acids is 2. The third kappa shape index (κ3) is 11.1. The summed E-state index contributed by atoms with van der Waals surface area (Å²) in [6.45, 7) is 1.05. The van der Waals surface area contributed by atoms with Crippen LogP contribution >= 0.6 is 0 Å². The molecular formula is C35H36N2O12S. The summed E-state index contributed by atoms with van der Waals surface area (Å²) in [7, 11) is -3.12. The Kier molecular flexibility index (Phi) is 13.8. The first-order chi connectivity index (χ1) is 24.1. The number of nitro groups is 1. The minimum atomic E-state index is -4.62. The van der Waals surface area contributed by atoms with Crippen molar-refractivity contribution in [2.45, 2.75) is 30.6 Å². The molecule has 0 fully saturated rings. The molecule has 0 saturated heterocycles. The Morgan fingerprint density at radius 1 is 0.880 bits per heavy atom. The van der Waals surface area contributed by atoms with Gasteiger partial charge < -0.3 is 29.0 Å². The lowest BCUT2D eigenvalue weighted by Gasteiger charge is -2.27. The highest BCUT2D eigenvalue weighted by atomic mass is 32.2. The van der Waals surface area contributed by atoms with Crippen LogP contribution in [-0.4, -0.2) is 65.2 Å². The van der Waals surface area contributed by atoms with Gasteiger partial charge in [0.2, 0.25) is 0 Å². The summed E-state index contributed by atoms with van der Waals surface area (Å²) in [5.41, 5.74) is 0.800. The van der Waals surface area contributed by atoms with Crippen LogP contribution in [0.2, 0.25) is 0 Å². The number of esters is 1. The number of nitrogens with one attached hydrogen (secondary N) is 1. The summed E-state index contributed by atoms with van der Waals surface area (Å²) in [5, 5.41) is 14.8. The SMILES string of the molecule is COCCOCOc1ccc([N+](=O)[O-])c([C@H](NC(=O)OCc2ccccc2)[C@H](COC(=O)c2ccccc2)OS(=O)(=O)c2ccc(C)cc2)c1. The third-order valence-corrected chi connectivity index (χ3v) is 8.43. The molecular weight excluding hydrogens is 672 g/mol. The predicted octanol–water partition coefficient (Wildman–Crippen LogP) is 5.50. The molecule has 14 nitrogen and oxygen atoms in total. The van der Waals surface area contributed by atoms with Crippen molar-refractivity contribution in [3.05, 3.63) is 135 Å². The van der Waals surface area contributed by atoms with Crippen molar-refractivity contribution in [1.29, 1.82) is 0 Å². The molecule has 2 atom stereocenters. The number of amides is 1. The van der Waals surface area contributed by atoms with Crippen molar-refractivity contribution in [2.75, 3.05) is 33.7 Å². The first-order valence-electron chi connectivity index (χ1n) is 15.2. The minimum Gasteiger partial charge on any atom is -0.468 e. The maximum absolute atomic E-state index is 13.6. The average molecular weight is 709 g/mol. The maximum atomic E-state index is 13.6. The van der Waals surface area contributed by atoms with Crippen LogP contribution < -0.4 is 10.1 Å². The van der Waals surface area contributed by atoms with Crippen molar-refractivity contribution in [3.63, 3.8) is 0 Å². The Morgan fingerprint density at radius 3 is 2.22 bits per heavy atom. The number of alkyl carbamates (subject to hydrolysis) is 1. The number of aryl methyl sites for hydroxylation is 1. The highest BCUT2D eigenvalue weighted by molar-refractivity contribution is 7.86. The van der Waals surface area contributed by atoms with E-state index in [0.717, 1.165) is 11.6 Å². The van der Waals surface area contributed by atoms with E-state index in [-0.39, 0.29) is 41.8 Å². The van der Waals surface area contributed by atoms with E-state index in [1.807, 2.05) is 0 Å². The summed E-state index contributed by atoms with van der Waals surface area (Å²) >= 11 is 0. The molecule has 0 aliphatic rings. The van der Waals surface area contributed by atoms with Crippen LogP contribution in [0.25, 0.3) is 0 Å². The van der Waals surface area contributed by atoms with E-state index >= 15 is 0 Å². The topological polar surface area (TPSA) is 179 Å². The fourth-order valence-corrected chi connectivity index (χ4v) is 5.60. The maximum Gasteiger partial charge on any atom is 0.408 e. The van der Waals surface area contributed by atoms with Crippen LogP contribution in [0.4, 0.5) is 10.5 Å². The molecule has 0 aliphatic carbocycles. The summed E-state index contributed by atoms with van der Waals surface area (Å²) in [5.74, 6) is -0.758. The van der Waals surface area contributed by atoms with Gasteiger partial charge in [-0.05, 0) is 48.9 Å². The molecule has 0 saturated carbocycles. The van der Waals surface area contributed by atoms with Gasteiger partial charge in [0, 0.05) is 13.2 Å². The smallest absolute Gasteiger partial charge is 0.408 e. The summed E-state index contributed by atoms with van der Waals surface area (Å²) in [6, 6.07) is 24.3. The summed E-state index contributed by atoms with van der Waals surface area (Å²) < 4.78 is 59.7. The lowest BCUT2D eigenvalue weighted by atomic mass is 9.99. The van der Waals surface area contributed by atoms with Gasteiger partial charge in [0.05, 0.1) is 40.2 Å². The Morgan fingerprint density at radius 2 is 1.56 bits per heavy atom. The number of ether oxygens (including phenoxy) is 5. The molecule has 4 rings (SSSR count). The zero-order valence-electron chi connectivity index (χ0n) is 27.3. The number of methoxy groups -OCH3 is 1. The van der Waals surface area contributed by atoms with E-state index < -0.39 is 51.5 Å². The molecule has 1 amide bonds. The highest BCUT2D eigenvalue weighted by Crippen LogP contribution is 2.34. The van der Waals surface area contributed by atoms with Gasteiger partial charge >= 0.3 is 12.1 Å². The van der Waals surface area contributed by atoms with Gasteiger partial charge in [0.15, 0.2) is 6.79 Å². The number of benzene rings is 4. The second-order valence-corrected chi connectivity index (χ2v) is 12.3. The van der Waals surface area contributed by atoms with Crippen LogP contribution in [0.5, 0.6) is 5.75 Å². The van der Waals surface area contributed by atoms with E-state index in [1.165, 1.54) is 43.5 Å². The molecule has 0 heterocycles. The van der Waals surface area contributed by atoms with E-state index in [1.54, 1.807) is 67.6 Å². The molecule has 0 spiro atoms. The van der Waals surface area contributed by atoms with Crippen LogP contribution in [0, 0.1) is 17.0 Å². The molecule has 4 aromatic rings. The molecule has 50 heavy (non-hydrogen) atoms. The molecule has 264 valence electrons. The van der Waals surface area contributed by atoms with Gasteiger partial charge in [-0.15, -0.1) is 0 Å². The van der Waals surface area contributed by atoms with Crippen molar-refractivity contribution < 1.29 is 50.8 Å². The lowest BCUT2D eigenvalue weighted by molar-refractivity contribution is -0.385. The van der Waals surface area contributed by atoms with Crippen molar-refractivity contribution in [3.8, 4) is 5.75 Å². The quantitative estimate of drug-likeness (QED) is 0.0343. The summed E-state index contributed by atoms with van der Waals surface area (Å²) in [6.07, 6.45) is -2.83. The Labute approximate surface area is 289 Å². The van der Waals surface area contributed by atoms with Crippen LogP contribution in [0.3, 0.4) is 0 Å². The molecule has 4 aromatic carbocycles. The predicted molar refractivity (Wildman–Crippen MR) is 179 cm³/mol. The fraction of sp³-hybridized carbons (Fsp3) is 0.257. The van der Waals surface area contributed by atoms with Crippen LogP contribution in [0.1, 0.15) is 33.1 Å². The number of rotatable bonds is 18. The number of nitro benzene ring substituents is 1. The van der Waals surface area contributed by atoms with Gasteiger partial charge in [-0.3, -0.25) is 14.3 Å². The first kappa shape index (κ1) is 37.5. The summed E-state index contributed by atoms with van der Waals surface area (Å²) in [4.78, 5) is 37.6. The van der Waals surface area contributed by atoms with Crippen LogP contribution in [-0.2, 0) is 39.9 Å². The number of hydrogen-bond donors (Lipinski definition) is 1.